The highest BCUT2D eigenvalue weighted by atomic mass is 32.1. The van der Waals surface area contributed by atoms with Crippen molar-refractivity contribution in [1.29, 1.82) is 0 Å². The van der Waals surface area contributed by atoms with Crippen molar-refractivity contribution in [2.24, 2.45) is 0 Å². The molecule has 0 unspecified atom stereocenters. The van der Waals surface area contributed by atoms with Crippen LogP contribution in [0.3, 0.4) is 0 Å². The summed E-state index contributed by atoms with van der Waals surface area (Å²) in [5, 5.41) is 13.1. The van der Waals surface area contributed by atoms with E-state index in [1.165, 1.54) is 17.7 Å². The Kier molecular flexibility index (Phi) is 4.43. The summed E-state index contributed by atoms with van der Waals surface area (Å²) in [6.45, 7) is 3.79. The second-order valence-corrected chi connectivity index (χ2v) is 6.61. The van der Waals surface area contributed by atoms with Crippen molar-refractivity contribution in [3.63, 3.8) is 0 Å². The number of nitrogens with one attached hydrogen (secondary N) is 1. The zero-order valence-electron chi connectivity index (χ0n) is 14.5. The third-order valence-electron chi connectivity index (χ3n) is 3.79. The van der Waals surface area contributed by atoms with E-state index in [-0.39, 0.29) is 5.76 Å². The number of rotatable bonds is 4. The molecule has 0 aliphatic carbocycles. The second kappa shape index (κ2) is 7.04. The van der Waals surface area contributed by atoms with Crippen LogP contribution in [-0.4, -0.2) is 31.1 Å². The van der Waals surface area contributed by atoms with E-state index >= 15 is 0 Å². The molecule has 9 heteroatoms. The average molecular weight is 378 g/mol. The molecule has 0 radical (unpaired) electrons. The summed E-state index contributed by atoms with van der Waals surface area (Å²) in [5.41, 5.74) is 4.06. The normalized spacial score (nSPS) is 10.7. The van der Waals surface area contributed by atoms with Gasteiger partial charge in [0.1, 0.15) is 17.1 Å². The van der Waals surface area contributed by atoms with E-state index in [0.717, 1.165) is 17.0 Å². The van der Waals surface area contributed by atoms with Gasteiger partial charge in [-0.1, -0.05) is 6.07 Å². The van der Waals surface area contributed by atoms with Gasteiger partial charge < -0.3 is 4.42 Å². The maximum Gasteiger partial charge on any atom is 0.295 e. The Balaban J connectivity index is 1.57. The van der Waals surface area contributed by atoms with Crippen molar-refractivity contribution in [1.82, 2.24) is 25.1 Å². The molecule has 0 aromatic carbocycles. The van der Waals surface area contributed by atoms with E-state index in [0.29, 0.717) is 22.2 Å². The van der Waals surface area contributed by atoms with E-state index in [2.05, 4.69) is 30.5 Å². The summed E-state index contributed by atoms with van der Waals surface area (Å²) < 4.78 is 5.27. The number of oxazole rings is 1. The number of amides is 1. The number of aryl methyl sites for hydroxylation is 2. The molecule has 0 aliphatic rings. The SMILES string of the molecule is Cc1ccc(-c2ncoc2C(=O)Nc2nc(-c3ncccc3C)cs2)nn1. The van der Waals surface area contributed by atoms with Gasteiger partial charge in [0.2, 0.25) is 5.76 Å². The predicted octanol–water partition coefficient (Wildman–Crippen LogP) is 3.52. The first-order valence-corrected chi connectivity index (χ1v) is 8.93. The minimum Gasteiger partial charge on any atom is -0.438 e. The van der Waals surface area contributed by atoms with Gasteiger partial charge in [-0.25, -0.2) is 9.97 Å². The molecule has 1 amide bonds. The van der Waals surface area contributed by atoms with Crippen LogP contribution in [0.5, 0.6) is 0 Å². The number of pyridine rings is 1. The van der Waals surface area contributed by atoms with Crippen LogP contribution in [0, 0.1) is 13.8 Å². The standard InChI is InChI=1S/C18H14N6O2S/c1-10-4-3-7-19-14(10)13-8-27-18(21-13)22-17(25)16-15(20-9-26-16)12-6-5-11(2)23-24-12/h3-9H,1-2H3,(H,21,22,25). The molecule has 1 N–H and O–H groups in total. The van der Waals surface area contributed by atoms with Crippen molar-refractivity contribution in [3.8, 4) is 22.8 Å². The summed E-state index contributed by atoms with van der Waals surface area (Å²) in [6, 6.07) is 7.36. The lowest BCUT2D eigenvalue weighted by atomic mass is 10.2. The Morgan fingerprint density at radius 3 is 2.74 bits per heavy atom. The first-order valence-electron chi connectivity index (χ1n) is 8.05. The van der Waals surface area contributed by atoms with E-state index in [4.69, 9.17) is 4.42 Å². The minimum atomic E-state index is -0.455. The molecule has 134 valence electrons. The molecule has 4 rings (SSSR count). The molecule has 0 spiro atoms. The van der Waals surface area contributed by atoms with Crippen molar-refractivity contribution >= 4 is 22.4 Å². The molecule has 4 heterocycles. The van der Waals surface area contributed by atoms with Crippen LogP contribution in [0.1, 0.15) is 21.8 Å². The smallest absolute Gasteiger partial charge is 0.295 e. The molecular weight excluding hydrogens is 364 g/mol. The molecule has 8 nitrogen and oxygen atoms in total. The van der Waals surface area contributed by atoms with Gasteiger partial charge in [0, 0.05) is 11.6 Å². The Hall–Kier alpha value is -3.46. The topological polar surface area (TPSA) is 107 Å². The highest BCUT2D eigenvalue weighted by Crippen LogP contribution is 2.27. The highest BCUT2D eigenvalue weighted by molar-refractivity contribution is 7.14. The van der Waals surface area contributed by atoms with Crippen LogP contribution in [-0.2, 0) is 0 Å². The van der Waals surface area contributed by atoms with Crippen molar-refractivity contribution in [2.75, 3.05) is 5.32 Å². The molecule has 0 bridgehead atoms. The number of hydrogen-bond donors (Lipinski definition) is 1. The fraction of sp³-hybridized carbons (Fsp3) is 0.111. The summed E-state index contributed by atoms with van der Waals surface area (Å²) in [7, 11) is 0. The summed E-state index contributed by atoms with van der Waals surface area (Å²) in [4.78, 5) is 25.5. The van der Waals surface area contributed by atoms with Crippen LogP contribution in [0.2, 0.25) is 0 Å². The number of nitrogens with zero attached hydrogens (tertiary/aromatic N) is 5. The lowest BCUT2D eigenvalue weighted by Gasteiger charge is -2.02. The van der Waals surface area contributed by atoms with Crippen molar-refractivity contribution < 1.29 is 9.21 Å². The van der Waals surface area contributed by atoms with Crippen molar-refractivity contribution in [3.05, 3.63) is 59.3 Å². The summed E-state index contributed by atoms with van der Waals surface area (Å²) in [6.07, 6.45) is 2.92. The van der Waals surface area contributed by atoms with Gasteiger partial charge in [-0.2, -0.15) is 5.10 Å². The fourth-order valence-corrected chi connectivity index (χ4v) is 3.15. The molecule has 0 fully saturated rings. The quantitative estimate of drug-likeness (QED) is 0.579. The Morgan fingerprint density at radius 2 is 1.96 bits per heavy atom. The van der Waals surface area contributed by atoms with Gasteiger partial charge in [0.25, 0.3) is 5.91 Å². The van der Waals surface area contributed by atoms with E-state index in [1.54, 1.807) is 18.3 Å². The van der Waals surface area contributed by atoms with Gasteiger partial charge >= 0.3 is 0 Å². The van der Waals surface area contributed by atoms with E-state index in [1.807, 2.05) is 31.4 Å². The molecule has 4 aromatic rings. The monoisotopic (exact) mass is 378 g/mol. The maximum absolute atomic E-state index is 12.6. The number of carbonyl (C=O) groups excluding carboxylic acids is 1. The minimum absolute atomic E-state index is 0.0546. The van der Waals surface area contributed by atoms with E-state index < -0.39 is 5.91 Å². The summed E-state index contributed by atoms with van der Waals surface area (Å²) in [5.74, 6) is -0.401. The molecule has 0 aliphatic heterocycles. The Bertz CT molecular complexity index is 1100. The lowest BCUT2D eigenvalue weighted by molar-refractivity contribution is 0.0997. The first-order chi connectivity index (χ1) is 13.1. The van der Waals surface area contributed by atoms with Gasteiger partial charge in [0.05, 0.1) is 11.4 Å². The largest absolute Gasteiger partial charge is 0.438 e. The molecule has 0 saturated heterocycles. The maximum atomic E-state index is 12.6. The predicted molar refractivity (Wildman–Crippen MR) is 100 cm³/mol. The zero-order valence-corrected chi connectivity index (χ0v) is 15.3. The Labute approximate surface area is 158 Å². The molecule has 0 atom stereocenters. The summed E-state index contributed by atoms with van der Waals surface area (Å²) >= 11 is 1.31. The Morgan fingerprint density at radius 1 is 1.07 bits per heavy atom. The van der Waals surface area contributed by atoms with Crippen LogP contribution in [0.15, 0.2) is 46.7 Å². The molecule has 27 heavy (non-hydrogen) atoms. The van der Waals surface area contributed by atoms with Crippen LogP contribution >= 0.6 is 11.3 Å². The van der Waals surface area contributed by atoms with Gasteiger partial charge in [-0.15, -0.1) is 16.4 Å². The third-order valence-corrected chi connectivity index (χ3v) is 4.55. The van der Waals surface area contributed by atoms with Gasteiger partial charge in [-0.3, -0.25) is 15.1 Å². The number of carbonyl (C=O) groups is 1. The third kappa shape index (κ3) is 3.44. The highest BCUT2D eigenvalue weighted by Gasteiger charge is 2.21. The van der Waals surface area contributed by atoms with Crippen LogP contribution in [0.4, 0.5) is 5.13 Å². The van der Waals surface area contributed by atoms with Crippen LogP contribution < -0.4 is 5.32 Å². The first kappa shape index (κ1) is 17.0. The average Bonchev–Trinajstić information content (AvgIpc) is 3.32. The molecular formula is C18H14N6O2S. The molecule has 4 aromatic heterocycles. The second-order valence-electron chi connectivity index (χ2n) is 5.75. The number of hydrogen-bond acceptors (Lipinski definition) is 8. The van der Waals surface area contributed by atoms with Gasteiger partial charge in [-0.05, 0) is 37.6 Å². The zero-order chi connectivity index (χ0) is 18.8. The van der Waals surface area contributed by atoms with Gasteiger partial charge in [0.15, 0.2) is 11.5 Å². The number of anilines is 1. The fourth-order valence-electron chi connectivity index (χ4n) is 2.46. The lowest BCUT2D eigenvalue weighted by Crippen LogP contribution is -2.12. The van der Waals surface area contributed by atoms with Crippen molar-refractivity contribution in [2.45, 2.75) is 13.8 Å². The van der Waals surface area contributed by atoms with Crippen LogP contribution in [0.25, 0.3) is 22.8 Å². The number of thiazole rings is 1. The van der Waals surface area contributed by atoms with E-state index in [9.17, 15) is 4.79 Å². The number of aromatic nitrogens is 5. The molecule has 0 saturated carbocycles.